The molecule has 0 aromatic heterocycles. The quantitative estimate of drug-likeness (QED) is 0.613. The average molecular weight is 430 g/mol. The van der Waals surface area contributed by atoms with Crippen LogP contribution in [0.1, 0.15) is 78.6 Å². The van der Waals surface area contributed by atoms with E-state index in [-0.39, 0.29) is 17.4 Å². The van der Waals surface area contributed by atoms with Crippen molar-refractivity contribution in [2.75, 3.05) is 13.1 Å². The second-order valence-electron chi connectivity index (χ2n) is 13.2. The third-order valence-corrected chi connectivity index (χ3v) is 11.8. The summed E-state index contributed by atoms with van der Waals surface area (Å²) in [6.45, 7) is 9.23. The molecule has 174 valence electrons. The zero-order chi connectivity index (χ0) is 21.7. The van der Waals surface area contributed by atoms with E-state index in [2.05, 4.69) is 25.7 Å². The number of hydrogen-bond acceptors (Lipinski definition) is 4. The largest absolute Gasteiger partial charge is 0.393 e. The summed E-state index contributed by atoms with van der Waals surface area (Å²) in [5.74, 6) is 4.82. The molecule has 4 saturated carbocycles. The molecule has 4 heteroatoms. The molecule has 6 rings (SSSR count). The second kappa shape index (κ2) is 7.03. The maximum atomic E-state index is 13.2. The molecule has 2 aliphatic heterocycles. The zero-order valence-corrected chi connectivity index (χ0v) is 19.8. The number of carbonyl (C=O) groups is 1. The standard InChI is InChI=1S/C27H43NO3/c1-15-4-7-25-27(3,31)21-6-5-17-18(20(21)14-28(25)13-15)11-22-19(17)12-24(30)23-10-16(29)8-9-26(22,23)2/h15-23,25,29,31H,4-14H2,1-3H3/t15-,16+,17-,18-,19+,20+,21+,22+,23-,25+,26+,27+/m1/s1. The number of nitrogens with zero attached hydrogens (tertiary/aromatic N) is 1. The second-order valence-corrected chi connectivity index (χ2v) is 13.2. The minimum atomic E-state index is -0.570. The number of piperidine rings is 2. The maximum absolute atomic E-state index is 13.2. The fourth-order valence-corrected chi connectivity index (χ4v) is 10.4. The van der Waals surface area contributed by atoms with Crippen LogP contribution in [0.5, 0.6) is 0 Å². The maximum Gasteiger partial charge on any atom is 0.136 e. The first-order valence-corrected chi connectivity index (χ1v) is 13.4. The predicted octanol–water partition coefficient (Wildman–Crippen LogP) is 3.89. The molecule has 6 fully saturated rings. The van der Waals surface area contributed by atoms with Gasteiger partial charge in [-0.1, -0.05) is 13.8 Å². The summed E-state index contributed by atoms with van der Waals surface area (Å²) in [6, 6.07) is 0.341. The lowest BCUT2D eigenvalue weighted by Crippen LogP contribution is -2.67. The highest BCUT2D eigenvalue weighted by Crippen LogP contribution is 2.66. The van der Waals surface area contributed by atoms with Gasteiger partial charge in [-0.05, 0) is 105 Å². The molecule has 0 aromatic carbocycles. The van der Waals surface area contributed by atoms with E-state index in [1.54, 1.807) is 0 Å². The van der Waals surface area contributed by atoms with Crippen LogP contribution in [0, 0.1) is 52.8 Å². The van der Waals surface area contributed by atoms with Crippen molar-refractivity contribution in [3.8, 4) is 0 Å². The molecule has 6 aliphatic rings. The van der Waals surface area contributed by atoms with Gasteiger partial charge >= 0.3 is 0 Å². The van der Waals surface area contributed by atoms with Gasteiger partial charge in [0.1, 0.15) is 5.78 Å². The minimum absolute atomic E-state index is 0.0789. The summed E-state index contributed by atoms with van der Waals surface area (Å²) in [5.41, 5.74) is -0.482. The van der Waals surface area contributed by atoms with E-state index in [9.17, 15) is 15.0 Å². The number of rotatable bonds is 0. The van der Waals surface area contributed by atoms with E-state index in [1.807, 2.05) is 0 Å². The van der Waals surface area contributed by atoms with Gasteiger partial charge in [-0.25, -0.2) is 0 Å². The molecule has 4 aliphatic carbocycles. The summed E-state index contributed by atoms with van der Waals surface area (Å²) in [4.78, 5) is 15.9. The van der Waals surface area contributed by atoms with Crippen molar-refractivity contribution in [3.63, 3.8) is 0 Å². The number of aliphatic hydroxyl groups is 2. The Balaban J connectivity index is 1.31. The Kier molecular flexibility index (Phi) is 4.78. The lowest BCUT2D eigenvalue weighted by atomic mass is 9.51. The van der Waals surface area contributed by atoms with Crippen LogP contribution in [0.2, 0.25) is 0 Å². The topological polar surface area (TPSA) is 60.8 Å². The Morgan fingerprint density at radius 2 is 1.71 bits per heavy atom. The summed E-state index contributed by atoms with van der Waals surface area (Å²) >= 11 is 0. The molecular formula is C27H43NO3. The fourth-order valence-electron chi connectivity index (χ4n) is 10.4. The van der Waals surface area contributed by atoms with Crippen LogP contribution in [-0.4, -0.2) is 51.7 Å². The Morgan fingerprint density at radius 1 is 0.903 bits per heavy atom. The van der Waals surface area contributed by atoms with Crippen LogP contribution < -0.4 is 0 Å². The lowest BCUT2D eigenvalue weighted by molar-refractivity contribution is -0.175. The first kappa shape index (κ1) is 21.1. The molecule has 0 radical (unpaired) electrons. The van der Waals surface area contributed by atoms with Gasteiger partial charge in [0.05, 0.1) is 11.7 Å². The fraction of sp³-hybridized carbons (Fsp3) is 0.963. The molecule has 2 saturated heterocycles. The van der Waals surface area contributed by atoms with Gasteiger partial charge in [-0.2, -0.15) is 0 Å². The van der Waals surface area contributed by atoms with Gasteiger partial charge in [0, 0.05) is 31.5 Å². The van der Waals surface area contributed by atoms with Gasteiger partial charge in [-0.15, -0.1) is 0 Å². The van der Waals surface area contributed by atoms with E-state index in [0.29, 0.717) is 53.8 Å². The van der Waals surface area contributed by atoms with Gasteiger partial charge in [-0.3, -0.25) is 9.69 Å². The molecule has 0 aromatic rings. The van der Waals surface area contributed by atoms with Crippen LogP contribution >= 0.6 is 0 Å². The molecular weight excluding hydrogens is 386 g/mol. The van der Waals surface area contributed by atoms with Crippen molar-refractivity contribution >= 4 is 5.78 Å². The summed E-state index contributed by atoms with van der Waals surface area (Å²) in [7, 11) is 0. The van der Waals surface area contributed by atoms with Crippen LogP contribution in [0.15, 0.2) is 0 Å². The Bertz CT molecular complexity index is 751. The first-order chi connectivity index (χ1) is 14.7. The van der Waals surface area contributed by atoms with Gasteiger partial charge < -0.3 is 10.2 Å². The third-order valence-electron chi connectivity index (χ3n) is 11.8. The van der Waals surface area contributed by atoms with Crippen molar-refractivity contribution < 1.29 is 15.0 Å². The summed E-state index contributed by atoms with van der Waals surface area (Å²) in [6.07, 6.45) is 9.08. The van der Waals surface area contributed by atoms with Crippen LogP contribution in [0.25, 0.3) is 0 Å². The summed E-state index contributed by atoms with van der Waals surface area (Å²) in [5, 5.41) is 22.1. The molecule has 12 atom stereocenters. The first-order valence-electron chi connectivity index (χ1n) is 13.4. The van der Waals surface area contributed by atoms with Crippen molar-refractivity contribution in [1.29, 1.82) is 0 Å². The average Bonchev–Trinajstić information content (AvgIpc) is 3.09. The third kappa shape index (κ3) is 2.93. The van der Waals surface area contributed by atoms with E-state index in [4.69, 9.17) is 0 Å². The molecule has 2 heterocycles. The highest BCUT2D eigenvalue weighted by atomic mass is 16.3. The van der Waals surface area contributed by atoms with E-state index >= 15 is 0 Å². The minimum Gasteiger partial charge on any atom is -0.393 e. The summed E-state index contributed by atoms with van der Waals surface area (Å²) < 4.78 is 0. The van der Waals surface area contributed by atoms with E-state index in [1.165, 1.54) is 25.8 Å². The van der Waals surface area contributed by atoms with Gasteiger partial charge in [0.15, 0.2) is 0 Å². The predicted molar refractivity (Wildman–Crippen MR) is 120 cm³/mol. The van der Waals surface area contributed by atoms with Crippen molar-refractivity contribution in [2.24, 2.45) is 52.8 Å². The molecule has 0 bridgehead atoms. The molecule has 2 N–H and O–H groups in total. The highest BCUT2D eigenvalue weighted by molar-refractivity contribution is 5.83. The zero-order valence-electron chi connectivity index (χ0n) is 19.8. The number of fused-ring (bicyclic) bond motifs is 8. The smallest absolute Gasteiger partial charge is 0.136 e. The molecule has 31 heavy (non-hydrogen) atoms. The van der Waals surface area contributed by atoms with Crippen molar-refractivity contribution in [2.45, 2.75) is 96.3 Å². The van der Waals surface area contributed by atoms with Gasteiger partial charge in [0.2, 0.25) is 0 Å². The van der Waals surface area contributed by atoms with E-state index in [0.717, 1.165) is 44.6 Å². The number of hydrogen-bond donors (Lipinski definition) is 2. The van der Waals surface area contributed by atoms with Crippen molar-refractivity contribution in [1.82, 2.24) is 4.90 Å². The van der Waals surface area contributed by atoms with Crippen LogP contribution in [0.3, 0.4) is 0 Å². The molecule has 0 spiro atoms. The number of Topliss-reactive ketones (excluding diaryl/α,β-unsaturated/α-hetero) is 1. The SMILES string of the molecule is C[C@@H]1CC[C@@H]2N(C1)C[C@H]1[C@@H]3C[C@H]4[C@@H](CC(=O)[C@H]5C[C@@H](O)CC[C@]54C)[C@@H]3CC[C@@H]1[C@]2(C)O. The Morgan fingerprint density at radius 3 is 2.52 bits per heavy atom. The number of ketones is 1. The van der Waals surface area contributed by atoms with E-state index < -0.39 is 5.60 Å². The number of aliphatic hydroxyl groups excluding tert-OH is 1. The van der Waals surface area contributed by atoms with Gasteiger partial charge in [0.25, 0.3) is 0 Å². The number of carbonyl (C=O) groups excluding carboxylic acids is 1. The Hall–Kier alpha value is -0.450. The normalized spacial score (nSPS) is 59.2. The van der Waals surface area contributed by atoms with Crippen molar-refractivity contribution in [3.05, 3.63) is 0 Å². The van der Waals surface area contributed by atoms with Crippen LogP contribution in [0.4, 0.5) is 0 Å². The molecule has 4 nitrogen and oxygen atoms in total. The lowest BCUT2D eigenvalue weighted by Gasteiger charge is -2.59. The highest BCUT2D eigenvalue weighted by Gasteiger charge is 2.64. The monoisotopic (exact) mass is 429 g/mol. The molecule has 0 amide bonds. The Labute approximate surface area is 188 Å². The molecule has 0 unspecified atom stereocenters. The van der Waals surface area contributed by atoms with Crippen LogP contribution in [-0.2, 0) is 4.79 Å².